The van der Waals surface area contributed by atoms with Crippen molar-refractivity contribution >= 4 is 142 Å². The molecule has 7 heteroatoms. The minimum Gasteiger partial charge on any atom is -0.309 e. The predicted molar refractivity (Wildman–Crippen MR) is 341 cm³/mol. The molecule has 0 saturated heterocycles. The molecular formula is C70H53BN2S4. The van der Waals surface area contributed by atoms with Crippen LogP contribution in [-0.4, -0.2) is 6.71 Å². The lowest BCUT2D eigenvalue weighted by molar-refractivity contribution is 0.591. The number of hydrogen-bond donors (Lipinski definition) is 0. The fourth-order valence-electron chi connectivity index (χ4n) is 12.2. The average molecular weight is 1060 g/mol. The van der Waals surface area contributed by atoms with Crippen LogP contribution in [-0.2, 0) is 10.8 Å². The van der Waals surface area contributed by atoms with Crippen LogP contribution in [0.25, 0.3) is 84.9 Å². The molecule has 0 atom stereocenters. The minimum atomic E-state index is -0.0439. The molecule has 0 spiro atoms. The molecule has 2 aliphatic rings. The Morgan fingerprint density at radius 3 is 1.21 bits per heavy atom. The number of benzene rings is 9. The largest absolute Gasteiger partial charge is 0.309 e. The molecule has 6 heterocycles. The van der Waals surface area contributed by atoms with E-state index in [4.69, 9.17) is 0 Å². The normalized spacial score (nSPS) is 13.2. The average Bonchev–Trinajstić information content (AvgIpc) is 4.47. The van der Waals surface area contributed by atoms with Crippen molar-refractivity contribution in [2.75, 3.05) is 9.80 Å². The van der Waals surface area contributed by atoms with Crippen molar-refractivity contribution in [2.45, 2.75) is 52.4 Å². The van der Waals surface area contributed by atoms with Gasteiger partial charge in [0, 0.05) is 83.5 Å². The van der Waals surface area contributed by atoms with E-state index in [9.17, 15) is 0 Å². The predicted octanol–water partition coefficient (Wildman–Crippen LogP) is 19.9. The molecule has 0 bridgehead atoms. The van der Waals surface area contributed by atoms with E-state index in [0.717, 1.165) is 0 Å². The smallest absolute Gasteiger partial charge is 0.277 e. The molecule has 0 aliphatic carbocycles. The number of nitrogens with zero attached hydrogens (tertiary/aromatic N) is 2. The Balaban J connectivity index is 1.08. The van der Waals surface area contributed by atoms with Crippen LogP contribution in [0.15, 0.2) is 211 Å². The number of hydrogen-bond acceptors (Lipinski definition) is 6. The first-order chi connectivity index (χ1) is 37.5. The third-order valence-corrected chi connectivity index (χ3v) is 20.5. The molecule has 2 nitrogen and oxygen atoms in total. The molecule has 2 aliphatic heterocycles. The monoisotopic (exact) mass is 1060 g/mol. The van der Waals surface area contributed by atoms with Gasteiger partial charge in [-0.1, -0.05) is 181 Å². The second kappa shape index (κ2) is 17.5. The van der Waals surface area contributed by atoms with Gasteiger partial charge in [0.05, 0.1) is 22.7 Å². The van der Waals surface area contributed by atoms with E-state index in [0.29, 0.717) is 0 Å². The summed E-state index contributed by atoms with van der Waals surface area (Å²) in [4.78, 5) is 5.38. The van der Waals surface area contributed by atoms with E-state index in [1.165, 1.54) is 145 Å². The standard InChI is InChI=1S/C70H53BN2S4/c1-69(2,3)46-30-34-62-52(38-46)65-67(76-62)71-64-56(72(65)58-36-44(28-32-48(58)42-18-9-7-10-19-42)54-40-74-60-26-15-13-22-50(54)60)24-17-25-57(64)73(66-53-39-47(70(4,5)6)31-35-63(53)77-68(66)71)59-37-45(29-33-49(59)43-20-11-8-12-21-43)55-41-75-61-27-16-14-23-51(55)61/h7-41H,1-6H3. The molecular weight excluding hydrogens is 1010 g/mol. The van der Waals surface area contributed by atoms with Gasteiger partial charge in [0.2, 0.25) is 0 Å². The van der Waals surface area contributed by atoms with Crippen molar-refractivity contribution in [3.8, 4) is 44.5 Å². The van der Waals surface area contributed by atoms with Crippen LogP contribution < -0.4 is 24.8 Å². The SMILES string of the molecule is CC(C)(C)c1ccc2sc3c(c2c1)N(c1cc(-c2csc4ccccc24)ccc1-c1ccccc1)c1cccc2c1B3c1sc3ccc(C(C)(C)C)cc3c1N2c1cc(-c2csc3ccccc23)ccc1-c1ccccc1. The van der Waals surface area contributed by atoms with Gasteiger partial charge >= 0.3 is 0 Å². The van der Waals surface area contributed by atoms with E-state index in [2.05, 4.69) is 262 Å². The Morgan fingerprint density at radius 2 is 0.766 bits per heavy atom. The zero-order chi connectivity index (χ0) is 51.9. The second-order valence-corrected chi connectivity index (χ2v) is 26.8. The Labute approximate surface area is 466 Å². The van der Waals surface area contributed by atoms with E-state index in [1.54, 1.807) is 0 Å². The van der Waals surface area contributed by atoms with E-state index < -0.39 is 0 Å². The fourth-order valence-corrected chi connectivity index (χ4v) is 16.8. The van der Waals surface area contributed by atoms with Gasteiger partial charge < -0.3 is 9.80 Å². The molecule has 4 aromatic heterocycles. The van der Waals surface area contributed by atoms with Crippen molar-refractivity contribution in [3.05, 3.63) is 222 Å². The van der Waals surface area contributed by atoms with Crippen molar-refractivity contribution in [3.63, 3.8) is 0 Å². The molecule has 9 aromatic carbocycles. The third-order valence-electron chi connectivity index (χ3n) is 16.1. The van der Waals surface area contributed by atoms with Crippen LogP contribution in [0.4, 0.5) is 34.1 Å². The number of anilines is 6. The van der Waals surface area contributed by atoms with Crippen LogP contribution >= 0.6 is 45.3 Å². The third kappa shape index (κ3) is 7.38. The highest BCUT2D eigenvalue weighted by molar-refractivity contribution is 7.40. The Morgan fingerprint density at radius 1 is 0.338 bits per heavy atom. The van der Waals surface area contributed by atoms with Gasteiger partial charge in [0.1, 0.15) is 0 Å². The van der Waals surface area contributed by atoms with Gasteiger partial charge in [-0.3, -0.25) is 0 Å². The van der Waals surface area contributed by atoms with Crippen LogP contribution in [0.2, 0.25) is 0 Å². The van der Waals surface area contributed by atoms with Gasteiger partial charge in [-0.15, -0.1) is 45.3 Å². The quantitative estimate of drug-likeness (QED) is 0.153. The van der Waals surface area contributed by atoms with Crippen LogP contribution in [0.1, 0.15) is 52.7 Å². The molecule has 0 N–H and O–H groups in total. The summed E-state index contributed by atoms with van der Waals surface area (Å²) in [7, 11) is 0. The molecule has 370 valence electrons. The molecule has 0 fully saturated rings. The van der Waals surface area contributed by atoms with Crippen LogP contribution in [0.3, 0.4) is 0 Å². The second-order valence-electron chi connectivity index (χ2n) is 22.9. The number of rotatable bonds is 6. The highest BCUT2D eigenvalue weighted by Gasteiger charge is 2.48. The summed E-state index contributed by atoms with van der Waals surface area (Å²) in [5.74, 6) is 0. The van der Waals surface area contributed by atoms with Gasteiger partial charge in [-0.2, -0.15) is 0 Å². The van der Waals surface area contributed by atoms with Gasteiger partial charge in [0.25, 0.3) is 6.71 Å². The molecule has 0 unspecified atom stereocenters. The highest BCUT2D eigenvalue weighted by Crippen LogP contribution is 2.55. The molecule has 77 heavy (non-hydrogen) atoms. The first-order valence-corrected chi connectivity index (χ1v) is 30.0. The minimum absolute atomic E-state index is 0.0157. The summed E-state index contributed by atoms with van der Waals surface area (Å²) in [6.07, 6.45) is 0. The van der Waals surface area contributed by atoms with Gasteiger partial charge in [0.15, 0.2) is 0 Å². The summed E-state index contributed by atoms with van der Waals surface area (Å²) in [6, 6.07) is 76.1. The lowest BCUT2D eigenvalue weighted by Crippen LogP contribution is -2.59. The topological polar surface area (TPSA) is 6.48 Å². The first kappa shape index (κ1) is 46.8. The Bertz CT molecular complexity index is 4220. The molecule has 0 radical (unpaired) electrons. The fraction of sp³-hybridized carbons (Fsp3) is 0.114. The van der Waals surface area contributed by atoms with Crippen LogP contribution in [0.5, 0.6) is 0 Å². The maximum Gasteiger partial charge on any atom is 0.277 e. The van der Waals surface area contributed by atoms with E-state index in [1.807, 2.05) is 45.3 Å². The van der Waals surface area contributed by atoms with Gasteiger partial charge in [-0.25, -0.2) is 0 Å². The summed E-state index contributed by atoms with van der Waals surface area (Å²) in [5, 5.41) is 9.90. The molecule has 0 saturated carbocycles. The van der Waals surface area contributed by atoms with Crippen molar-refractivity contribution in [2.24, 2.45) is 0 Å². The summed E-state index contributed by atoms with van der Waals surface area (Å²) >= 11 is 7.64. The summed E-state index contributed by atoms with van der Waals surface area (Å²) < 4.78 is 8.00. The van der Waals surface area contributed by atoms with Crippen molar-refractivity contribution in [1.29, 1.82) is 0 Å². The summed E-state index contributed by atoms with van der Waals surface area (Å²) in [6.45, 7) is 14.1. The van der Waals surface area contributed by atoms with E-state index in [-0.39, 0.29) is 17.5 Å². The number of thiophene rings is 4. The molecule has 13 aromatic rings. The molecule has 15 rings (SSSR count). The van der Waals surface area contributed by atoms with Crippen molar-refractivity contribution in [1.82, 2.24) is 0 Å². The Kier molecular flexibility index (Phi) is 10.6. The lowest BCUT2D eigenvalue weighted by Gasteiger charge is -2.43. The number of fused-ring (bicyclic) bond motifs is 10. The Hall–Kier alpha value is -7.52. The van der Waals surface area contributed by atoms with E-state index >= 15 is 0 Å². The van der Waals surface area contributed by atoms with Crippen molar-refractivity contribution < 1.29 is 0 Å². The van der Waals surface area contributed by atoms with Crippen LogP contribution in [0, 0.1) is 0 Å². The molecule has 0 amide bonds. The maximum atomic E-state index is 2.69. The lowest BCUT2D eigenvalue weighted by atomic mass is 9.39. The summed E-state index contributed by atoms with van der Waals surface area (Å²) in [5.41, 5.74) is 21.1. The first-order valence-electron chi connectivity index (χ1n) is 26.7. The zero-order valence-electron chi connectivity index (χ0n) is 43.8. The highest BCUT2D eigenvalue weighted by atomic mass is 32.1. The maximum absolute atomic E-state index is 2.69. The van der Waals surface area contributed by atoms with Gasteiger partial charge in [-0.05, 0) is 121 Å². The zero-order valence-corrected chi connectivity index (χ0v) is 47.1.